The molecule has 30 rings (SSSR count). The number of hydrogen-bond donors (Lipinski definition) is 23. The van der Waals surface area contributed by atoms with Crippen LogP contribution in [0.3, 0.4) is 0 Å². The van der Waals surface area contributed by atoms with Crippen molar-refractivity contribution in [3.8, 4) is 0 Å². The van der Waals surface area contributed by atoms with Crippen LogP contribution in [0, 0.1) is 0 Å². The van der Waals surface area contributed by atoms with Crippen molar-refractivity contribution in [1.82, 2.24) is 0 Å². The maximum atomic E-state index is 11.5. The van der Waals surface area contributed by atoms with Gasteiger partial charge in [0.2, 0.25) is 0 Å². The number of aliphatic hydroxyl groups excluding tert-OH is 23. The van der Waals surface area contributed by atoms with Crippen molar-refractivity contribution in [3.63, 3.8) is 0 Å². The molecule has 512 valence electrons. The van der Waals surface area contributed by atoms with E-state index in [0.29, 0.717) is 0 Å². The number of aliphatic hydroxyl groups is 23. The van der Waals surface area contributed by atoms with Crippen molar-refractivity contribution in [3.05, 3.63) is 0 Å². The van der Waals surface area contributed by atoms with Gasteiger partial charge in [0.15, 0.2) is 50.3 Å². The molecule has 16 unspecified atom stereocenters. The molecular formula is C49H82O39. The Morgan fingerprint density at radius 2 is 0.284 bits per heavy atom. The van der Waals surface area contributed by atoms with E-state index in [1.807, 2.05) is 0 Å². The van der Waals surface area contributed by atoms with Crippen molar-refractivity contribution >= 4 is 0 Å². The third-order valence-corrected chi connectivity index (χ3v) is 17.1. The Bertz CT molecular complexity index is 1700. The first-order valence-electron chi connectivity index (χ1n) is 28.5. The van der Waals surface area contributed by atoms with Crippen molar-refractivity contribution in [2.75, 3.05) is 46.2 Å². The van der Waals surface area contributed by atoms with Gasteiger partial charge < -0.3 is 193 Å². The monoisotopic (exact) mass is 1290 g/mol. The minimum absolute atomic E-state index is 0.0801. The zero-order valence-corrected chi connectivity index (χ0v) is 46.6. The van der Waals surface area contributed by atoms with Gasteiger partial charge in [-0.1, -0.05) is 6.92 Å². The number of ether oxygens (including phenoxy) is 16. The Morgan fingerprint density at radius 1 is 0.170 bits per heavy atom. The standard InChI is InChI=1S/C49H82O39/c1-2-10-34-18(57)26(65)42(73-10)82-35-11(3-50)75-44(28(67)20(35)59)84-37-13(5-52)77-46(30(69)22(37)61)86-39-15(7-54)79-48(32(71)24(39)63)88-41-17(9-56)80-49(33(72)25(41)64)87-40-16(8-55)78-47(31(70)23(40)62)85-38-14(6-53)76-45(29(68)21(38)60)83-36-12(4-51)74-43(81-34)27(66)19(36)58/h10-72H,2-9H2,1H3/t10?,11?,12?,13?,14?,15?,16?,17?,18-,19-,20-,21-,22-,23-,24?,25-,26?,27?,28?,29?,30?,31?,32+,33?,34-,35-,36-,37-,38-,39-,40-,41-,42-,43-,44-,45-,46-,47+,48-,49-/m1/s1. The van der Waals surface area contributed by atoms with E-state index in [0.717, 1.165) is 0 Å². The van der Waals surface area contributed by atoms with Crippen LogP contribution in [-0.4, -0.2) is 409 Å². The van der Waals surface area contributed by atoms with Gasteiger partial charge in [-0.15, -0.1) is 0 Å². The molecule has 0 aromatic rings. The lowest BCUT2D eigenvalue weighted by molar-refractivity contribution is -0.403. The normalized spacial score (nSPS) is 55.4. The second-order valence-electron chi connectivity index (χ2n) is 22.7. The predicted octanol–water partition coefficient (Wildman–Crippen LogP) is -16.0. The smallest absolute Gasteiger partial charge is 0.187 e. The fourth-order valence-electron chi connectivity index (χ4n) is 12.1. The van der Waals surface area contributed by atoms with Gasteiger partial charge in [0.1, 0.15) is 189 Å². The second-order valence-corrected chi connectivity index (χ2v) is 22.7. The lowest BCUT2D eigenvalue weighted by Gasteiger charge is -2.50. The average molecular weight is 1300 g/mol. The molecule has 0 amide bonds. The van der Waals surface area contributed by atoms with Crippen molar-refractivity contribution in [1.29, 1.82) is 0 Å². The Labute approximate surface area is 497 Å². The van der Waals surface area contributed by atoms with Gasteiger partial charge in [0.25, 0.3) is 0 Å². The molecule has 39 nitrogen and oxygen atoms in total. The molecule has 0 aromatic carbocycles. The SMILES string of the molecule is CCC1O[C@@H]2O[C@@H]3C(CO)O[C@H](O[C@@H]4C(CO)O[C@H](O[C@@H]5C(CO)O[C@H](O[C@@H]6C(CO)O[C@H](O[C@@H]7C(CO)O[C@@H](O[C@@H]8C(CO)O[C@H](O[C@@H]9C(CO)O[C@H](O[C@H]1[C@H](O)C2O)C(O)[C@H]9O)C(O)[C@H]8O)C(O)[C@H]7O)C(O)[C@H]6O)[C@@H](O)C5O)C(O)[C@H]4O)C(O)[C@H]3O. The molecule has 16 bridgehead atoms. The number of hydrogen-bond acceptors (Lipinski definition) is 39. The Kier molecular flexibility index (Phi) is 24.1. The molecular weight excluding hydrogens is 1210 g/mol. The van der Waals surface area contributed by atoms with Crippen LogP contribution in [0.5, 0.6) is 0 Å². The molecule has 0 spiro atoms. The second kappa shape index (κ2) is 30.0. The summed E-state index contributed by atoms with van der Waals surface area (Å²) in [5.74, 6) is 0. The van der Waals surface area contributed by atoms with E-state index >= 15 is 0 Å². The molecule has 0 aliphatic carbocycles. The highest BCUT2D eigenvalue weighted by atomic mass is 16.8. The fourth-order valence-corrected chi connectivity index (χ4v) is 12.1. The van der Waals surface area contributed by atoms with E-state index in [-0.39, 0.29) is 6.42 Å². The van der Waals surface area contributed by atoms with E-state index in [1.165, 1.54) is 6.92 Å². The molecule has 30 fully saturated rings. The van der Waals surface area contributed by atoms with Gasteiger partial charge >= 0.3 is 0 Å². The summed E-state index contributed by atoms with van der Waals surface area (Å²) < 4.78 is 91.9. The fraction of sp³-hybridized carbons (Fsp3) is 1.00. The highest BCUT2D eigenvalue weighted by Crippen LogP contribution is 2.40. The Balaban J connectivity index is 0.975. The largest absolute Gasteiger partial charge is 0.394 e. The van der Waals surface area contributed by atoms with Gasteiger partial charge in [0.05, 0.1) is 52.4 Å². The molecule has 40 atom stereocenters. The Hall–Kier alpha value is -1.56. The number of rotatable bonds is 8. The lowest BCUT2D eigenvalue weighted by Crippen LogP contribution is -2.69. The molecule has 88 heavy (non-hydrogen) atoms. The summed E-state index contributed by atoms with van der Waals surface area (Å²) in [7, 11) is 0. The maximum Gasteiger partial charge on any atom is 0.187 e. The summed E-state index contributed by atoms with van der Waals surface area (Å²) in [4.78, 5) is 0. The molecule has 0 aromatic heterocycles. The van der Waals surface area contributed by atoms with E-state index in [1.54, 1.807) is 0 Å². The van der Waals surface area contributed by atoms with E-state index in [9.17, 15) is 117 Å². The van der Waals surface area contributed by atoms with E-state index in [2.05, 4.69) is 0 Å². The Morgan fingerprint density at radius 3 is 0.398 bits per heavy atom. The summed E-state index contributed by atoms with van der Waals surface area (Å²) in [6, 6.07) is 0. The van der Waals surface area contributed by atoms with Crippen LogP contribution in [0.25, 0.3) is 0 Å². The van der Waals surface area contributed by atoms with Gasteiger partial charge in [-0.2, -0.15) is 0 Å². The first-order chi connectivity index (χ1) is 41.9. The van der Waals surface area contributed by atoms with Gasteiger partial charge in [-0.25, -0.2) is 0 Å². The maximum absolute atomic E-state index is 11.5. The molecule has 30 aliphatic heterocycles. The lowest BCUT2D eigenvalue weighted by atomic mass is 9.94. The van der Waals surface area contributed by atoms with Crippen LogP contribution in [0.2, 0.25) is 0 Å². The predicted molar refractivity (Wildman–Crippen MR) is 264 cm³/mol. The van der Waals surface area contributed by atoms with Gasteiger partial charge in [-0.3, -0.25) is 0 Å². The summed E-state index contributed by atoms with van der Waals surface area (Å²) in [6.07, 6.45) is -79.8. The minimum Gasteiger partial charge on any atom is -0.394 e. The van der Waals surface area contributed by atoms with Gasteiger partial charge in [-0.05, 0) is 6.42 Å². The molecule has 23 N–H and O–H groups in total. The highest BCUT2D eigenvalue weighted by molar-refractivity contribution is 5.02. The van der Waals surface area contributed by atoms with Crippen LogP contribution in [0.1, 0.15) is 13.3 Å². The first-order valence-corrected chi connectivity index (χ1v) is 28.5. The molecule has 30 heterocycles. The first kappa shape index (κ1) is 70.7. The van der Waals surface area contributed by atoms with Crippen LogP contribution >= 0.6 is 0 Å². The van der Waals surface area contributed by atoms with Crippen LogP contribution in [-0.2, 0) is 75.8 Å². The topological polar surface area (TPSA) is 613 Å². The zero-order chi connectivity index (χ0) is 64.1. The van der Waals surface area contributed by atoms with Crippen LogP contribution in [0.4, 0.5) is 0 Å². The van der Waals surface area contributed by atoms with Crippen LogP contribution in [0.15, 0.2) is 0 Å². The third kappa shape index (κ3) is 13.8. The zero-order valence-electron chi connectivity index (χ0n) is 46.6. The van der Waals surface area contributed by atoms with E-state index in [4.69, 9.17) is 75.8 Å². The minimum atomic E-state index is -2.24. The summed E-state index contributed by atoms with van der Waals surface area (Å²) >= 11 is 0. The third-order valence-electron chi connectivity index (χ3n) is 17.1. The van der Waals surface area contributed by atoms with Crippen LogP contribution < -0.4 is 0 Å². The molecule has 0 saturated carbocycles. The molecule has 39 heteroatoms. The summed E-state index contributed by atoms with van der Waals surface area (Å²) in [6.45, 7) is -5.88. The van der Waals surface area contributed by atoms with Crippen molar-refractivity contribution in [2.24, 2.45) is 0 Å². The summed E-state index contributed by atoms with van der Waals surface area (Å²) in [5, 5.41) is 255. The molecule has 0 radical (unpaired) electrons. The average Bonchev–Trinajstić information content (AvgIpc) is 0.985. The molecule has 30 saturated heterocycles. The van der Waals surface area contributed by atoms with E-state index < -0.39 is 292 Å². The van der Waals surface area contributed by atoms with Crippen molar-refractivity contribution in [2.45, 2.75) is 259 Å². The van der Waals surface area contributed by atoms with Gasteiger partial charge in [0, 0.05) is 0 Å². The van der Waals surface area contributed by atoms with Crippen molar-refractivity contribution < 1.29 is 193 Å². The molecule has 30 aliphatic rings. The highest BCUT2D eigenvalue weighted by Gasteiger charge is 2.60. The summed E-state index contributed by atoms with van der Waals surface area (Å²) in [5.41, 5.74) is 0. The quantitative estimate of drug-likeness (QED) is 0.107.